The van der Waals surface area contributed by atoms with Gasteiger partial charge in [-0.15, -0.1) is 0 Å². The Morgan fingerprint density at radius 2 is 2.19 bits per heavy atom. The molecule has 6 heteroatoms. The third kappa shape index (κ3) is 3.90. The van der Waals surface area contributed by atoms with Crippen molar-refractivity contribution in [2.24, 2.45) is 5.92 Å². The predicted octanol–water partition coefficient (Wildman–Crippen LogP) is 2.16. The number of hydrogen-bond donors (Lipinski definition) is 0. The highest BCUT2D eigenvalue weighted by Gasteiger charge is 2.32. The molecule has 0 bridgehead atoms. The molecule has 0 radical (unpaired) electrons. The number of methoxy groups -OCH3 is 1. The molecule has 0 saturated carbocycles. The molecular weight excluding hydrogens is 272 g/mol. The number of aromatic nitrogens is 2. The number of carbonyl (C=O) groups is 1. The first-order chi connectivity index (χ1) is 9.95. The van der Waals surface area contributed by atoms with Crippen molar-refractivity contribution < 1.29 is 19.0 Å². The minimum atomic E-state index is -0.542. The van der Waals surface area contributed by atoms with Gasteiger partial charge in [-0.05, 0) is 20.3 Å². The molecule has 1 atom stereocenters. The van der Waals surface area contributed by atoms with Crippen molar-refractivity contribution >= 4 is 5.78 Å². The summed E-state index contributed by atoms with van der Waals surface area (Å²) in [5.41, 5.74) is 0.496. The van der Waals surface area contributed by atoms with Crippen LogP contribution in [0.15, 0.2) is 6.20 Å². The fourth-order valence-electron chi connectivity index (χ4n) is 2.46. The van der Waals surface area contributed by atoms with Gasteiger partial charge in [0.05, 0.1) is 13.2 Å². The summed E-state index contributed by atoms with van der Waals surface area (Å²) in [6.45, 7) is 7.36. The van der Waals surface area contributed by atoms with E-state index >= 15 is 0 Å². The molecule has 1 aliphatic rings. The van der Waals surface area contributed by atoms with E-state index in [1.807, 2.05) is 25.3 Å². The number of nitrogens with zero attached hydrogens (tertiary/aromatic N) is 2. The van der Waals surface area contributed by atoms with E-state index in [0.717, 1.165) is 5.82 Å². The second-order valence-electron chi connectivity index (χ2n) is 5.70. The third-order valence-electron chi connectivity index (χ3n) is 3.87. The molecule has 118 valence electrons. The number of rotatable bonds is 7. The van der Waals surface area contributed by atoms with E-state index < -0.39 is 5.79 Å². The molecule has 21 heavy (non-hydrogen) atoms. The zero-order valence-corrected chi connectivity index (χ0v) is 13.2. The first-order valence-corrected chi connectivity index (χ1v) is 7.30. The monoisotopic (exact) mass is 296 g/mol. The van der Waals surface area contributed by atoms with Gasteiger partial charge < -0.3 is 18.8 Å². The molecule has 1 saturated heterocycles. The predicted molar refractivity (Wildman–Crippen MR) is 77.0 cm³/mol. The first-order valence-electron chi connectivity index (χ1n) is 7.30. The van der Waals surface area contributed by atoms with Crippen LogP contribution in [-0.4, -0.2) is 41.4 Å². The zero-order valence-electron chi connectivity index (χ0n) is 13.2. The number of hydrogen-bond acceptors (Lipinski definition) is 5. The van der Waals surface area contributed by atoms with Crippen molar-refractivity contribution in [1.29, 1.82) is 0 Å². The van der Waals surface area contributed by atoms with Crippen LogP contribution in [-0.2, 0) is 20.9 Å². The summed E-state index contributed by atoms with van der Waals surface area (Å²) in [7, 11) is 1.62. The van der Waals surface area contributed by atoms with Crippen molar-refractivity contribution in [2.75, 3.05) is 20.3 Å². The Morgan fingerprint density at radius 1 is 1.52 bits per heavy atom. The number of Topliss-reactive ketones (excluding diaryl/α,β-unsaturated/α-hetero) is 1. The van der Waals surface area contributed by atoms with Gasteiger partial charge in [-0.2, -0.15) is 0 Å². The van der Waals surface area contributed by atoms with Crippen LogP contribution in [0, 0.1) is 12.8 Å². The van der Waals surface area contributed by atoms with Crippen LogP contribution < -0.4 is 0 Å². The van der Waals surface area contributed by atoms with Gasteiger partial charge in [-0.1, -0.05) is 6.92 Å². The number of imidazole rings is 1. The SMILES string of the molecule is COCn1cc(C(=O)C(C)CCC2(C)OCCO2)nc1C. The standard InChI is InChI=1S/C15H24N2O4/c1-11(5-6-15(3)20-7-8-21-15)14(18)13-9-17(10-19-4)12(2)16-13/h9,11H,5-8,10H2,1-4H3. The molecular formula is C15H24N2O4. The molecule has 1 aliphatic heterocycles. The summed E-state index contributed by atoms with van der Waals surface area (Å²) >= 11 is 0. The Labute approximate surface area is 125 Å². The van der Waals surface area contributed by atoms with Crippen LogP contribution in [0.3, 0.4) is 0 Å². The molecule has 2 heterocycles. The van der Waals surface area contributed by atoms with Crippen molar-refractivity contribution in [1.82, 2.24) is 9.55 Å². The van der Waals surface area contributed by atoms with Crippen molar-refractivity contribution in [3.05, 3.63) is 17.7 Å². The molecule has 0 aliphatic carbocycles. The molecule has 0 amide bonds. The second kappa shape index (κ2) is 6.68. The summed E-state index contributed by atoms with van der Waals surface area (Å²) in [4.78, 5) is 16.7. The van der Waals surface area contributed by atoms with Crippen LogP contribution in [0.1, 0.15) is 43.0 Å². The lowest BCUT2D eigenvalue weighted by Crippen LogP contribution is -2.27. The Balaban J connectivity index is 1.94. The van der Waals surface area contributed by atoms with Crippen LogP contribution in [0.25, 0.3) is 0 Å². The van der Waals surface area contributed by atoms with Gasteiger partial charge >= 0.3 is 0 Å². The maximum atomic E-state index is 12.4. The third-order valence-corrected chi connectivity index (χ3v) is 3.87. The second-order valence-corrected chi connectivity index (χ2v) is 5.70. The highest BCUT2D eigenvalue weighted by molar-refractivity contribution is 5.95. The van der Waals surface area contributed by atoms with Crippen LogP contribution >= 0.6 is 0 Å². The summed E-state index contributed by atoms with van der Waals surface area (Å²) in [5.74, 6) is 0.177. The molecule has 0 aromatic carbocycles. The zero-order chi connectivity index (χ0) is 15.5. The fraction of sp³-hybridized carbons (Fsp3) is 0.733. The average molecular weight is 296 g/mol. The molecule has 1 aromatic heterocycles. The quantitative estimate of drug-likeness (QED) is 0.722. The van der Waals surface area contributed by atoms with Crippen LogP contribution in [0.2, 0.25) is 0 Å². The van der Waals surface area contributed by atoms with Gasteiger partial charge in [0.2, 0.25) is 0 Å². The van der Waals surface area contributed by atoms with Crippen LogP contribution in [0.5, 0.6) is 0 Å². The average Bonchev–Trinajstić information content (AvgIpc) is 3.04. The topological polar surface area (TPSA) is 62.6 Å². The van der Waals surface area contributed by atoms with E-state index in [2.05, 4.69) is 4.98 Å². The number of ether oxygens (including phenoxy) is 3. The van der Waals surface area contributed by atoms with E-state index in [9.17, 15) is 4.79 Å². The van der Waals surface area contributed by atoms with E-state index in [4.69, 9.17) is 14.2 Å². The van der Waals surface area contributed by atoms with Crippen LogP contribution in [0.4, 0.5) is 0 Å². The van der Waals surface area contributed by atoms with Crippen molar-refractivity contribution in [2.45, 2.75) is 46.1 Å². The van der Waals surface area contributed by atoms with Crippen molar-refractivity contribution in [3.63, 3.8) is 0 Å². The Kier molecular flexibility index (Phi) is 5.13. The normalized spacial score (nSPS) is 18.9. The van der Waals surface area contributed by atoms with Gasteiger partial charge in [0, 0.05) is 25.6 Å². The minimum absolute atomic E-state index is 0.0505. The molecule has 1 fully saturated rings. The largest absolute Gasteiger partial charge is 0.364 e. The van der Waals surface area contributed by atoms with Gasteiger partial charge in [0.25, 0.3) is 0 Å². The number of ketones is 1. The van der Waals surface area contributed by atoms with Crippen molar-refractivity contribution in [3.8, 4) is 0 Å². The van der Waals surface area contributed by atoms with E-state index in [-0.39, 0.29) is 11.7 Å². The summed E-state index contributed by atoms with van der Waals surface area (Å²) < 4.78 is 18.0. The molecule has 2 rings (SSSR count). The van der Waals surface area contributed by atoms with E-state index in [0.29, 0.717) is 38.5 Å². The highest BCUT2D eigenvalue weighted by atomic mass is 16.7. The lowest BCUT2D eigenvalue weighted by atomic mass is 9.96. The van der Waals surface area contributed by atoms with E-state index in [1.54, 1.807) is 13.3 Å². The molecule has 6 nitrogen and oxygen atoms in total. The number of carbonyl (C=O) groups excluding carboxylic acids is 1. The highest BCUT2D eigenvalue weighted by Crippen LogP contribution is 2.27. The minimum Gasteiger partial charge on any atom is -0.364 e. The summed E-state index contributed by atoms with van der Waals surface area (Å²) in [5, 5.41) is 0. The van der Waals surface area contributed by atoms with Gasteiger partial charge in [-0.25, -0.2) is 4.98 Å². The molecule has 0 spiro atoms. The Morgan fingerprint density at radius 3 is 2.81 bits per heavy atom. The maximum absolute atomic E-state index is 12.4. The Bertz CT molecular complexity index is 492. The fourth-order valence-corrected chi connectivity index (χ4v) is 2.46. The molecule has 0 N–H and O–H groups in total. The van der Waals surface area contributed by atoms with Gasteiger partial charge in [-0.3, -0.25) is 4.79 Å². The van der Waals surface area contributed by atoms with Gasteiger partial charge in [0.1, 0.15) is 18.2 Å². The van der Waals surface area contributed by atoms with Gasteiger partial charge in [0.15, 0.2) is 11.6 Å². The molecule has 1 aromatic rings. The Hall–Kier alpha value is -1.24. The van der Waals surface area contributed by atoms with E-state index in [1.165, 1.54) is 0 Å². The summed E-state index contributed by atoms with van der Waals surface area (Å²) in [6, 6.07) is 0. The lowest BCUT2D eigenvalue weighted by Gasteiger charge is -2.23. The maximum Gasteiger partial charge on any atom is 0.185 e. The smallest absolute Gasteiger partial charge is 0.185 e. The lowest BCUT2D eigenvalue weighted by molar-refractivity contribution is -0.148. The number of aryl methyl sites for hydroxylation is 1. The summed E-state index contributed by atoms with van der Waals surface area (Å²) in [6.07, 6.45) is 3.17. The first kappa shape index (κ1) is 16.1. The molecule has 1 unspecified atom stereocenters.